The van der Waals surface area contributed by atoms with Gasteiger partial charge in [-0.15, -0.1) is 0 Å². The summed E-state index contributed by atoms with van der Waals surface area (Å²) < 4.78 is 41.6. The summed E-state index contributed by atoms with van der Waals surface area (Å²) in [4.78, 5) is 27.9. The minimum atomic E-state index is -4.62. The summed E-state index contributed by atoms with van der Waals surface area (Å²) in [6.45, 7) is 2.16. The van der Waals surface area contributed by atoms with Gasteiger partial charge in [0.05, 0.1) is 11.6 Å². The van der Waals surface area contributed by atoms with E-state index in [1.54, 1.807) is 30.3 Å². The summed E-state index contributed by atoms with van der Waals surface area (Å²) in [6.07, 6.45) is 5.01. The van der Waals surface area contributed by atoms with Crippen LogP contribution in [0.2, 0.25) is 5.02 Å². The van der Waals surface area contributed by atoms with Crippen LogP contribution >= 0.6 is 11.6 Å². The van der Waals surface area contributed by atoms with Crippen molar-refractivity contribution in [2.24, 2.45) is 5.92 Å². The second kappa shape index (κ2) is 10.1. The minimum absolute atomic E-state index is 0.121. The fourth-order valence-electron chi connectivity index (χ4n) is 4.34. The molecule has 1 aliphatic rings. The van der Waals surface area contributed by atoms with Crippen molar-refractivity contribution in [1.82, 2.24) is 29.6 Å². The summed E-state index contributed by atoms with van der Waals surface area (Å²) in [5.74, 6) is 0.392. The SMILES string of the molecule is CC(c1ncnn1-c1ncccn1)N(CC1CCCCC1)C(=O)c1cc(Cl)cc(C(F)(F)F)c1. The van der Waals surface area contributed by atoms with Crippen LogP contribution in [0.25, 0.3) is 5.95 Å². The molecule has 11 heteroatoms. The van der Waals surface area contributed by atoms with E-state index in [0.29, 0.717) is 12.4 Å². The smallest absolute Gasteiger partial charge is 0.328 e. The highest BCUT2D eigenvalue weighted by Crippen LogP contribution is 2.34. The fraction of sp³-hybridized carbons (Fsp3) is 0.435. The molecule has 0 spiro atoms. The summed E-state index contributed by atoms with van der Waals surface area (Å²) in [7, 11) is 0. The van der Waals surface area contributed by atoms with Crippen LogP contribution in [0.15, 0.2) is 43.0 Å². The first-order valence-electron chi connectivity index (χ1n) is 11.1. The van der Waals surface area contributed by atoms with Crippen LogP contribution in [0.5, 0.6) is 0 Å². The largest absolute Gasteiger partial charge is 0.416 e. The second-order valence-corrected chi connectivity index (χ2v) is 8.88. The molecule has 1 fully saturated rings. The molecule has 0 bridgehead atoms. The van der Waals surface area contributed by atoms with Crippen molar-refractivity contribution in [3.63, 3.8) is 0 Å². The van der Waals surface area contributed by atoms with Gasteiger partial charge in [0.1, 0.15) is 6.33 Å². The van der Waals surface area contributed by atoms with Gasteiger partial charge < -0.3 is 4.90 Å². The molecule has 0 aliphatic heterocycles. The summed E-state index contributed by atoms with van der Waals surface area (Å²) in [6, 6.07) is 4.00. The zero-order valence-corrected chi connectivity index (χ0v) is 19.3. The standard InChI is InChI=1S/C23H24ClF3N6O/c1-15(20-30-14-31-33(20)22-28-8-5-9-29-22)32(13-16-6-3-2-4-7-16)21(34)17-10-18(23(25,26)27)12-19(24)11-17/h5,8-12,14-16H,2-4,6-7,13H2,1H3. The number of aromatic nitrogens is 5. The number of alkyl halides is 3. The van der Waals surface area contributed by atoms with Crippen LogP contribution in [-0.4, -0.2) is 42.1 Å². The Hall–Kier alpha value is -3.01. The zero-order chi connectivity index (χ0) is 24.3. The van der Waals surface area contributed by atoms with Crippen molar-refractivity contribution in [2.75, 3.05) is 6.54 Å². The molecule has 1 unspecified atom stereocenters. The van der Waals surface area contributed by atoms with Gasteiger partial charge in [-0.25, -0.2) is 15.0 Å². The number of nitrogens with zero attached hydrogens (tertiary/aromatic N) is 6. The molecule has 7 nitrogen and oxygen atoms in total. The highest BCUT2D eigenvalue weighted by molar-refractivity contribution is 6.31. The summed E-state index contributed by atoms with van der Waals surface area (Å²) >= 11 is 5.97. The van der Waals surface area contributed by atoms with Gasteiger partial charge in [0.15, 0.2) is 5.82 Å². The Morgan fingerprint density at radius 3 is 2.53 bits per heavy atom. The van der Waals surface area contributed by atoms with Crippen LogP contribution in [-0.2, 0) is 6.18 Å². The lowest BCUT2D eigenvalue weighted by atomic mass is 9.88. The van der Waals surface area contributed by atoms with Crippen molar-refractivity contribution >= 4 is 17.5 Å². The maximum Gasteiger partial charge on any atom is 0.416 e. The van der Waals surface area contributed by atoms with Crippen molar-refractivity contribution in [3.8, 4) is 5.95 Å². The Kier molecular flexibility index (Phi) is 7.16. The first kappa shape index (κ1) is 24.1. The molecule has 0 N–H and O–H groups in total. The number of amides is 1. The minimum Gasteiger partial charge on any atom is -0.328 e. The van der Waals surface area contributed by atoms with E-state index in [1.165, 1.54) is 17.1 Å². The normalized spacial score (nSPS) is 15.8. The summed E-state index contributed by atoms with van der Waals surface area (Å²) in [5, 5.41) is 4.05. The van der Waals surface area contributed by atoms with E-state index in [4.69, 9.17) is 11.6 Å². The maximum atomic E-state index is 13.6. The molecule has 1 saturated carbocycles. The number of halogens is 4. The molecule has 1 aliphatic carbocycles. The highest BCUT2D eigenvalue weighted by atomic mass is 35.5. The Balaban J connectivity index is 1.71. The fourth-order valence-corrected chi connectivity index (χ4v) is 4.57. The monoisotopic (exact) mass is 492 g/mol. The number of benzene rings is 1. The third kappa shape index (κ3) is 5.38. The number of carbonyl (C=O) groups is 1. The van der Waals surface area contributed by atoms with Crippen LogP contribution in [0.4, 0.5) is 13.2 Å². The number of carbonyl (C=O) groups excluding carboxylic acids is 1. The van der Waals surface area contributed by atoms with Crippen molar-refractivity contribution in [2.45, 2.75) is 51.2 Å². The lowest BCUT2D eigenvalue weighted by Gasteiger charge is -2.34. The van der Waals surface area contributed by atoms with Gasteiger partial charge in [-0.2, -0.15) is 23.0 Å². The third-order valence-corrected chi connectivity index (χ3v) is 6.29. The Morgan fingerprint density at radius 2 is 1.85 bits per heavy atom. The van der Waals surface area contributed by atoms with E-state index in [-0.39, 0.29) is 22.5 Å². The number of hydrogen-bond donors (Lipinski definition) is 0. The molecule has 1 atom stereocenters. The predicted molar refractivity (Wildman–Crippen MR) is 119 cm³/mol. The van der Waals surface area contributed by atoms with Crippen LogP contribution in [0, 0.1) is 5.92 Å². The molecule has 1 aromatic carbocycles. The maximum absolute atomic E-state index is 13.6. The molecular formula is C23H24ClF3N6O. The quantitative estimate of drug-likeness (QED) is 0.453. The van der Waals surface area contributed by atoms with Crippen LogP contribution < -0.4 is 0 Å². The van der Waals surface area contributed by atoms with Crippen molar-refractivity contribution in [3.05, 3.63) is 65.0 Å². The topological polar surface area (TPSA) is 76.8 Å². The van der Waals surface area contributed by atoms with E-state index in [0.717, 1.165) is 44.2 Å². The molecule has 0 saturated heterocycles. The Labute approximate surface area is 200 Å². The van der Waals surface area contributed by atoms with Crippen molar-refractivity contribution in [1.29, 1.82) is 0 Å². The molecule has 2 heterocycles. The van der Waals surface area contributed by atoms with E-state index < -0.39 is 23.7 Å². The second-order valence-electron chi connectivity index (χ2n) is 8.44. The zero-order valence-electron chi connectivity index (χ0n) is 18.5. The van der Waals surface area contributed by atoms with E-state index in [2.05, 4.69) is 20.1 Å². The molecule has 180 valence electrons. The van der Waals surface area contributed by atoms with Crippen molar-refractivity contribution < 1.29 is 18.0 Å². The molecule has 1 amide bonds. The first-order chi connectivity index (χ1) is 16.2. The van der Waals surface area contributed by atoms with Gasteiger partial charge in [0, 0.05) is 29.5 Å². The number of hydrogen-bond acceptors (Lipinski definition) is 5. The molecular weight excluding hydrogens is 469 g/mol. The van der Waals surface area contributed by atoms with Gasteiger partial charge >= 0.3 is 6.18 Å². The average Bonchev–Trinajstić information content (AvgIpc) is 3.32. The van der Waals surface area contributed by atoms with E-state index >= 15 is 0 Å². The lowest BCUT2D eigenvalue weighted by molar-refractivity contribution is -0.137. The van der Waals surface area contributed by atoms with Gasteiger partial charge in [0.25, 0.3) is 11.9 Å². The van der Waals surface area contributed by atoms with E-state index in [9.17, 15) is 18.0 Å². The summed E-state index contributed by atoms with van der Waals surface area (Å²) in [5.41, 5.74) is -1.08. The van der Waals surface area contributed by atoms with Gasteiger partial charge in [0.2, 0.25) is 0 Å². The lowest BCUT2D eigenvalue weighted by Crippen LogP contribution is -2.39. The predicted octanol–water partition coefficient (Wildman–Crippen LogP) is 5.51. The third-order valence-electron chi connectivity index (χ3n) is 6.07. The first-order valence-corrected chi connectivity index (χ1v) is 11.5. The average molecular weight is 493 g/mol. The number of rotatable bonds is 6. The molecule has 4 rings (SSSR count). The Bertz CT molecular complexity index is 1130. The molecule has 34 heavy (non-hydrogen) atoms. The van der Waals surface area contributed by atoms with Crippen LogP contribution in [0.1, 0.15) is 66.8 Å². The highest BCUT2D eigenvalue weighted by Gasteiger charge is 2.34. The van der Waals surface area contributed by atoms with E-state index in [1.807, 2.05) is 0 Å². The molecule has 3 aromatic rings. The molecule has 2 aromatic heterocycles. The van der Waals surface area contributed by atoms with Gasteiger partial charge in [-0.3, -0.25) is 4.79 Å². The molecule has 0 radical (unpaired) electrons. The van der Waals surface area contributed by atoms with Gasteiger partial charge in [-0.1, -0.05) is 30.9 Å². The van der Waals surface area contributed by atoms with Crippen LogP contribution in [0.3, 0.4) is 0 Å². The Morgan fingerprint density at radius 1 is 1.15 bits per heavy atom. The van der Waals surface area contributed by atoms with Gasteiger partial charge in [-0.05, 0) is 49.9 Å².